The maximum atomic E-state index is 13.0. The Bertz CT molecular complexity index is 1110. The number of sulfonamides is 1. The van der Waals surface area contributed by atoms with E-state index in [2.05, 4.69) is 4.72 Å². The zero-order valence-corrected chi connectivity index (χ0v) is 19.8. The molecule has 1 N–H and O–H groups in total. The number of piperazine rings is 1. The fourth-order valence-electron chi connectivity index (χ4n) is 3.45. The number of carbonyl (C=O) groups excluding carboxylic acids is 2. The lowest BCUT2D eigenvalue weighted by Crippen LogP contribution is -2.51. The molecular formula is C22H26ClN3O5S. The molecule has 8 nitrogen and oxygen atoms in total. The monoisotopic (exact) mass is 479 g/mol. The van der Waals surface area contributed by atoms with Gasteiger partial charge in [0.15, 0.2) is 6.61 Å². The first-order valence-electron chi connectivity index (χ1n) is 10.1. The molecule has 2 amide bonds. The van der Waals surface area contributed by atoms with Crippen molar-refractivity contribution in [1.82, 2.24) is 14.5 Å². The van der Waals surface area contributed by atoms with E-state index in [0.29, 0.717) is 48.1 Å². The third kappa shape index (κ3) is 5.40. The number of nitrogens with one attached hydrogen (secondary N) is 1. The molecule has 2 aromatic carbocycles. The molecule has 10 heteroatoms. The van der Waals surface area contributed by atoms with Crippen LogP contribution in [-0.4, -0.2) is 69.9 Å². The predicted molar refractivity (Wildman–Crippen MR) is 122 cm³/mol. The van der Waals surface area contributed by atoms with Crippen molar-refractivity contribution in [2.24, 2.45) is 0 Å². The van der Waals surface area contributed by atoms with Gasteiger partial charge in [-0.3, -0.25) is 9.59 Å². The number of hydrogen-bond acceptors (Lipinski definition) is 5. The Hall–Kier alpha value is -2.62. The Morgan fingerprint density at radius 2 is 1.62 bits per heavy atom. The van der Waals surface area contributed by atoms with Gasteiger partial charge in [0, 0.05) is 36.8 Å². The van der Waals surface area contributed by atoms with Crippen molar-refractivity contribution in [3.63, 3.8) is 0 Å². The molecule has 1 heterocycles. The summed E-state index contributed by atoms with van der Waals surface area (Å²) in [7, 11) is -2.35. The lowest BCUT2D eigenvalue weighted by atomic mass is 10.0. The minimum Gasteiger partial charge on any atom is -0.484 e. The number of benzene rings is 2. The van der Waals surface area contributed by atoms with E-state index in [0.717, 1.165) is 5.56 Å². The van der Waals surface area contributed by atoms with E-state index >= 15 is 0 Å². The van der Waals surface area contributed by atoms with Gasteiger partial charge in [-0.25, -0.2) is 13.1 Å². The summed E-state index contributed by atoms with van der Waals surface area (Å²) in [5.74, 6) is 0.129. The lowest BCUT2D eigenvalue weighted by molar-refractivity contribution is -0.134. The number of nitrogens with zero attached hydrogens (tertiary/aromatic N) is 2. The molecule has 1 saturated heterocycles. The smallest absolute Gasteiger partial charge is 0.260 e. The molecule has 1 aliphatic rings. The average molecular weight is 480 g/mol. The standard InChI is InChI=1S/C22H26ClN3O5S/c1-15-12-17(13-20(16(15)2)32(29,30)24-3)22(28)26-10-8-25(9-11-26)21(27)14-31-19-6-4-18(23)5-7-19/h4-7,12-13,24H,8-11,14H2,1-3H3. The topological polar surface area (TPSA) is 96.0 Å². The van der Waals surface area contributed by atoms with Gasteiger partial charge in [-0.05, 0) is 68.4 Å². The Kier molecular flexibility index (Phi) is 7.43. The third-order valence-corrected chi connectivity index (χ3v) is 7.31. The van der Waals surface area contributed by atoms with Crippen LogP contribution in [0.5, 0.6) is 5.75 Å². The van der Waals surface area contributed by atoms with Crippen molar-refractivity contribution >= 4 is 33.4 Å². The molecule has 0 spiro atoms. The fourth-order valence-corrected chi connectivity index (χ4v) is 4.64. The van der Waals surface area contributed by atoms with Crippen LogP contribution in [0.15, 0.2) is 41.3 Å². The van der Waals surface area contributed by atoms with E-state index in [1.165, 1.54) is 13.1 Å². The summed E-state index contributed by atoms with van der Waals surface area (Å²) in [6, 6.07) is 9.87. The maximum Gasteiger partial charge on any atom is 0.260 e. The molecular weight excluding hydrogens is 454 g/mol. The maximum absolute atomic E-state index is 13.0. The highest BCUT2D eigenvalue weighted by atomic mass is 35.5. The SMILES string of the molecule is CNS(=O)(=O)c1cc(C(=O)N2CCN(C(=O)COc3ccc(Cl)cc3)CC2)cc(C)c1C. The molecule has 0 aliphatic carbocycles. The second-order valence-electron chi connectivity index (χ2n) is 7.54. The quantitative estimate of drug-likeness (QED) is 0.685. The van der Waals surface area contributed by atoms with E-state index in [-0.39, 0.29) is 23.3 Å². The highest BCUT2D eigenvalue weighted by molar-refractivity contribution is 7.89. The average Bonchev–Trinajstić information content (AvgIpc) is 2.79. The number of halogens is 1. The van der Waals surface area contributed by atoms with Gasteiger partial charge in [0.2, 0.25) is 10.0 Å². The Morgan fingerprint density at radius 3 is 2.22 bits per heavy atom. The van der Waals surface area contributed by atoms with Gasteiger partial charge in [-0.1, -0.05) is 11.6 Å². The second-order valence-corrected chi connectivity index (χ2v) is 9.83. The molecule has 1 aliphatic heterocycles. The molecule has 0 bridgehead atoms. The van der Waals surface area contributed by atoms with Crippen LogP contribution in [0.4, 0.5) is 0 Å². The molecule has 3 rings (SSSR count). The van der Waals surface area contributed by atoms with Crippen LogP contribution in [-0.2, 0) is 14.8 Å². The summed E-state index contributed by atoms with van der Waals surface area (Å²) in [5.41, 5.74) is 1.64. The minimum atomic E-state index is -3.68. The van der Waals surface area contributed by atoms with Crippen molar-refractivity contribution in [3.05, 3.63) is 58.1 Å². The molecule has 0 aromatic heterocycles. The summed E-state index contributed by atoms with van der Waals surface area (Å²) in [4.78, 5) is 28.8. The van der Waals surface area contributed by atoms with Crippen LogP contribution in [0.2, 0.25) is 5.02 Å². The summed E-state index contributed by atoms with van der Waals surface area (Å²) in [6.45, 7) is 4.85. The Labute approximate surface area is 193 Å². The van der Waals surface area contributed by atoms with Crippen molar-refractivity contribution in [2.75, 3.05) is 39.8 Å². The van der Waals surface area contributed by atoms with E-state index in [1.54, 1.807) is 54.0 Å². The molecule has 0 atom stereocenters. The second kappa shape index (κ2) is 9.89. The molecule has 32 heavy (non-hydrogen) atoms. The lowest BCUT2D eigenvalue weighted by Gasteiger charge is -2.35. The van der Waals surface area contributed by atoms with Crippen LogP contribution in [0.3, 0.4) is 0 Å². The van der Waals surface area contributed by atoms with Gasteiger partial charge in [-0.15, -0.1) is 0 Å². The molecule has 1 fully saturated rings. The first-order chi connectivity index (χ1) is 15.1. The summed E-state index contributed by atoms with van der Waals surface area (Å²) < 4.78 is 32.5. The van der Waals surface area contributed by atoms with Crippen molar-refractivity contribution in [1.29, 1.82) is 0 Å². The van der Waals surface area contributed by atoms with Gasteiger partial charge in [-0.2, -0.15) is 0 Å². The number of ether oxygens (including phenoxy) is 1. The van der Waals surface area contributed by atoms with E-state index in [9.17, 15) is 18.0 Å². The highest BCUT2D eigenvalue weighted by Gasteiger charge is 2.27. The number of aryl methyl sites for hydroxylation is 1. The summed E-state index contributed by atoms with van der Waals surface area (Å²) in [5, 5.41) is 0.587. The van der Waals surface area contributed by atoms with Crippen molar-refractivity contribution < 1.29 is 22.7 Å². The zero-order valence-electron chi connectivity index (χ0n) is 18.2. The van der Waals surface area contributed by atoms with E-state index < -0.39 is 10.0 Å². The van der Waals surface area contributed by atoms with Gasteiger partial charge < -0.3 is 14.5 Å². The number of carbonyl (C=O) groups is 2. The molecule has 172 valence electrons. The van der Waals surface area contributed by atoms with Gasteiger partial charge in [0.05, 0.1) is 4.90 Å². The van der Waals surface area contributed by atoms with Crippen LogP contribution < -0.4 is 9.46 Å². The van der Waals surface area contributed by atoms with Crippen LogP contribution >= 0.6 is 11.6 Å². The first-order valence-corrected chi connectivity index (χ1v) is 12.0. The number of rotatable bonds is 6. The molecule has 2 aromatic rings. The van der Waals surface area contributed by atoms with E-state index in [4.69, 9.17) is 16.3 Å². The highest BCUT2D eigenvalue weighted by Crippen LogP contribution is 2.22. The summed E-state index contributed by atoms with van der Waals surface area (Å²) >= 11 is 5.84. The van der Waals surface area contributed by atoms with Gasteiger partial charge in [0.25, 0.3) is 11.8 Å². The van der Waals surface area contributed by atoms with Crippen LogP contribution in [0.25, 0.3) is 0 Å². The van der Waals surface area contributed by atoms with Crippen molar-refractivity contribution in [2.45, 2.75) is 18.7 Å². The molecule has 0 saturated carbocycles. The van der Waals surface area contributed by atoms with Gasteiger partial charge >= 0.3 is 0 Å². The normalized spacial score (nSPS) is 14.4. The van der Waals surface area contributed by atoms with Crippen LogP contribution in [0.1, 0.15) is 21.5 Å². The van der Waals surface area contributed by atoms with Gasteiger partial charge in [0.1, 0.15) is 5.75 Å². The molecule has 0 unspecified atom stereocenters. The minimum absolute atomic E-state index is 0.0940. The number of amides is 2. The number of hydrogen-bond donors (Lipinski definition) is 1. The first kappa shape index (κ1) is 24.0. The fraction of sp³-hybridized carbons (Fsp3) is 0.364. The Balaban J connectivity index is 1.62. The largest absolute Gasteiger partial charge is 0.484 e. The Morgan fingerprint density at radius 1 is 1.03 bits per heavy atom. The zero-order chi connectivity index (χ0) is 23.5. The van der Waals surface area contributed by atoms with E-state index in [1.807, 2.05) is 0 Å². The third-order valence-electron chi connectivity index (χ3n) is 5.52. The van der Waals surface area contributed by atoms with Crippen molar-refractivity contribution in [3.8, 4) is 5.75 Å². The summed E-state index contributed by atoms with van der Waals surface area (Å²) in [6.07, 6.45) is 0. The van der Waals surface area contributed by atoms with Crippen LogP contribution in [0, 0.1) is 13.8 Å². The predicted octanol–water partition coefficient (Wildman–Crippen LogP) is 2.23. The molecule has 0 radical (unpaired) electrons.